The normalized spacial score (nSPS) is 14.3. The molecule has 246 valence electrons. The van der Waals surface area contributed by atoms with Crippen LogP contribution in [-0.2, 0) is 32.6 Å². The SMILES string of the molecule is Cc1cc(Cl)ccc1N(CC(=O)N(Cc1ccc(Cl)cc1)[C@H](Cc1ccccc1)C(=O)NC1CCCCC1)S(=O)(=O)c1ccccc1. The van der Waals surface area contributed by atoms with Gasteiger partial charge >= 0.3 is 0 Å². The summed E-state index contributed by atoms with van der Waals surface area (Å²) in [4.78, 5) is 30.4. The Kier molecular flexibility index (Phi) is 11.6. The van der Waals surface area contributed by atoms with E-state index in [1.54, 1.807) is 55.5 Å². The number of benzene rings is 4. The smallest absolute Gasteiger partial charge is 0.264 e. The average Bonchev–Trinajstić information content (AvgIpc) is 3.07. The fraction of sp³-hybridized carbons (Fsp3) is 0.297. The molecule has 1 N–H and O–H groups in total. The van der Waals surface area contributed by atoms with Crippen molar-refractivity contribution in [1.29, 1.82) is 0 Å². The van der Waals surface area contributed by atoms with Gasteiger partial charge in [-0.15, -0.1) is 0 Å². The second-order valence-electron chi connectivity index (χ2n) is 12.0. The molecule has 0 spiro atoms. The van der Waals surface area contributed by atoms with Crippen LogP contribution in [0.25, 0.3) is 0 Å². The number of anilines is 1. The van der Waals surface area contributed by atoms with Crippen LogP contribution in [0.4, 0.5) is 5.69 Å². The molecule has 1 atom stereocenters. The van der Waals surface area contributed by atoms with Crippen LogP contribution in [0, 0.1) is 6.92 Å². The number of hydrogen-bond donors (Lipinski definition) is 1. The molecular formula is C37H39Cl2N3O4S. The number of sulfonamides is 1. The number of halogens is 2. The van der Waals surface area contributed by atoms with Gasteiger partial charge in [0.2, 0.25) is 11.8 Å². The van der Waals surface area contributed by atoms with Crippen LogP contribution in [0.15, 0.2) is 108 Å². The van der Waals surface area contributed by atoms with Crippen molar-refractivity contribution in [3.63, 3.8) is 0 Å². The number of hydrogen-bond acceptors (Lipinski definition) is 4. The second kappa shape index (κ2) is 15.8. The number of amides is 2. The molecule has 0 aromatic heterocycles. The van der Waals surface area contributed by atoms with Gasteiger partial charge in [-0.3, -0.25) is 13.9 Å². The summed E-state index contributed by atoms with van der Waals surface area (Å²) in [5.74, 6) is -0.781. The van der Waals surface area contributed by atoms with Gasteiger partial charge in [0.25, 0.3) is 10.0 Å². The minimum absolute atomic E-state index is 0.0219. The third-order valence-corrected chi connectivity index (χ3v) is 10.8. The highest BCUT2D eigenvalue weighted by Gasteiger charge is 2.35. The summed E-state index contributed by atoms with van der Waals surface area (Å²) in [7, 11) is -4.20. The molecule has 4 aromatic rings. The number of nitrogens with zero attached hydrogens (tertiary/aromatic N) is 2. The number of aryl methyl sites for hydroxylation is 1. The zero-order valence-electron chi connectivity index (χ0n) is 26.3. The van der Waals surface area contributed by atoms with Gasteiger partial charge in [-0.25, -0.2) is 8.42 Å². The topological polar surface area (TPSA) is 86.8 Å². The highest BCUT2D eigenvalue weighted by Crippen LogP contribution is 2.30. The van der Waals surface area contributed by atoms with Gasteiger partial charge in [0, 0.05) is 29.1 Å². The first kappa shape index (κ1) is 34.5. The minimum atomic E-state index is -4.20. The first-order valence-corrected chi connectivity index (χ1v) is 18.0. The van der Waals surface area contributed by atoms with E-state index in [2.05, 4.69) is 5.32 Å². The van der Waals surface area contributed by atoms with Crippen molar-refractivity contribution in [2.45, 2.75) is 69.0 Å². The predicted molar refractivity (Wildman–Crippen MR) is 188 cm³/mol. The zero-order valence-corrected chi connectivity index (χ0v) is 28.6. The Hall–Kier alpha value is -3.85. The number of carbonyl (C=O) groups excluding carboxylic acids is 2. The average molecular weight is 693 g/mol. The summed E-state index contributed by atoms with van der Waals surface area (Å²) >= 11 is 12.4. The second-order valence-corrected chi connectivity index (χ2v) is 14.7. The van der Waals surface area contributed by atoms with Crippen molar-refractivity contribution in [1.82, 2.24) is 10.2 Å². The lowest BCUT2D eigenvalue weighted by Gasteiger charge is -2.35. The lowest BCUT2D eigenvalue weighted by atomic mass is 9.94. The third kappa shape index (κ3) is 8.95. The van der Waals surface area contributed by atoms with Crippen LogP contribution in [0.1, 0.15) is 48.8 Å². The van der Waals surface area contributed by atoms with E-state index in [0.717, 1.165) is 47.5 Å². The van der Waals surface area contributed by atoms with Crippen LogP contribution in [0.2, 0.25) is 10.0 Å². The highest BCUT2D eigenvalue weighted by atomic mass is 35.5. The van der Waals surface area contributed by atoms with E-state index in [-0.39, 0.29) is 29.8 Å². The Labute approximate surface area is 287 Å². The summed E-state index contributed by atoms with van der Waals surface area (Å²) in [5.41, 5.74) is 2.55. The van der Waals surface area contributed by atoms with E-state index in [0.29, 0.717) is 21.3 Å². The summed E-state index contributed by atoms with van der Waals surface area (Å²) in [6.45, 7) is 1.29. The van der Waals surface area contributed by atoms with Crippen molar-refractivity contribution in [3.05, 3.63) is 130 Å². The Morgan fingerprint density at radius 1 is 0.809 bits per heavy atom. The fourth-order valence-electron chi connectivity index (χ4n) is 6.02. The molecule has 0 heterocycles. The van der Waals surface area contributed by atoms with Gasteiger partial charge in [-0.2, -0.15) is 0 Å². The van der Waals surface area contributed by atoms with E-state index in [4.69, 9.17) is 23.2 Å². The Morgan fingerprint density at radius 2 is 1.43 bits per heavy atom. The molecule has 4 aromatic carbocycles. The quantitative estimate of drug-likeness (QED) is 0.166. The molecule has 0 radical (unpaired) electrons. The molecule has 0 aliphatic heterocycles. The van der Waals surface area contributed by atoms with Crippen LogP contribution >= 0.6 is 23.2 Å². The van der Waals surface area contributed by atoms with E-state index in [9.17, 15) is 18.0 Å². The number of nitrogens with one attached hydrogen (secondary N) is 1. The summed E-state index contributed by atoms with van der Waals surface area (Å²) in [5, 5.41) is 4.21. The Bertz CT molecular complexity index is 1760. The first-order chi connectivity index (χ1) is 22.6. The molecule has 0 bridgehead atoms. The highest BCUT2D eigenvalue weighted by molar-refractivity contribution is 7.92. The monoisotopic (exact) mass is 691 g/mol. The van der Waals surface area contributed by atoms with E-state index >= 15 is 0 Å². The summed E-state index contributed by atoms with van der Waals surface area (Å²) < 4.78 is 29.5. The Balaban J connectivity index is 1.57. The molecule has 5 rings (SSSR count). The van der Waals surface area contributed by atoms with Gasteiger partial charge in [0.05, 0.1) is 10.6 Å². The van der Waals surface area contributed by atoms with Gasteiger partial charge in [-0.1, -0.05) is 103 Å². The van der Waals surface area contributed by atoms with Crippen molar-refractivity contribution < 1.29 is 18.0 Å². The molecule has 1 aliphatic rings. The number of carbonyl (C=O) groups is 2. The maximum Gasteiger partial charge on any atom is 0.264 e. The maximum atomic E-state index is 14.7. The van der Waals surface area contributed by atoms with E-state index in [1.165, 1.54) is 17.0 Å². The predicted octanol–water partition coefficient (Wildman–Crippen LogP) is 7.59. The zero-order chi connectivity index (χ0) is 33.4. The van der Waals surface area contributed by atoms with E-state index < -0.39 is 28.5 Å². The van der Waals surface area contributed by atoms with Crippen LogP contribution < -0.4 is 9.62 Å². The summed E-state index contributed by atoms with van der Waals surface area (Å²) in [6.07, 6.45) is 5.23. The van der Waals surface area contributed by atoms with Crippen molar-refractivity contribution >= 4 is 50.7 Å². The fourth-order valence-corrected chi connectivity index (χ4v) is 7.87. The third-order valence-electron chi connectivity index (χ3n) is 8.53. The maximum absolute atomic E-state index is 14.7. The molecule has 7 nitrogen and oxygen atoms in total. The van der Waals surface area contributed by atoms with Gasteiger partial charge in [-0.05, 0) is 78.9 Å². The van der Waals surface area contributed by atoms with Gasteiger partial charge in [0.15, 0.2) is 0 Å². The Morgan fingerprint density at radius 3 is 2.06 bits per heavy atom. The molecule has 1 aliphatic carbocycles. The molecule has 1 fully saturated rings. The molecule has 2 amide bonds. The summed E-state index contributed by atoms with van der Waals surface area (Å²) in [6, 6.07) is 28.6. The van der Waals surface area contributed by atoms with Crippen LogP contribution in [0.3, 0.4) is 0 Å². The van der Waals surface area contributed by atoms with E-state index in [1.807, 2.05) is 42.5 Å². The van der Waals surface area contributed by atoms with Gasteiger partial charge < -0.3 is 10.2 Å². The van der Waals surface area contributed by atoms with Crippen LogP contribution in [0.5, 0.6) is 0 Å². The van der Waals surface area contributed by atoms with Crippen LogP contribution in [-0.4, -0.2) is 43.8 Å². The molecule has 47 heavy (non-hydrogen) atoms. The molecule has 1 saturated carbocycles. The van der Waals surface area contributed by atoms with Gasteiger partial charge in [0.1, 0.15) is 12.6 Å². The molecule has 0 unspecified atom stereocenters. The standard InChI is InChI=1S/C37H39Cl2N3O4S/c1-27-23-31(39)21-22-34(27)42(47(45,46)33-15-9-4-10-16-33)26-36(43)41(25-29-17-19-30(38)20-18-29)35(24-28-11-5-2-6-12-28)37(44)40-32-13-7-3-8-14-32/h2,4-6,9-12,15-23,32,35H,3,7-8,13-14,24-26H2,1H3,(H,40,44)/t35-/m1/s1. The largest absolute Gasteiger partial charge is 0.352 e. The first-order valence-electron chi connectivity index (χ1n) is 15.8. The van der Waals surface area contributed by atoms with Crippen molar-refractivity contribution in [2.24, 2.45) is 0 Å². The van der Waals surface area contributed by atoms with Crippen molar-refractivity contribution in [2.75, 3.05) is 10.8 Å². The minimum Gasteiger partial charge on any atom is -0.352 e. The molecule has 10 heteroatoms. The molecule has 0 saturated heterocycles. The van der Waals surface area contributed by atoms with Crippen molar-refractivity contribution in [3.8, 4) is 0 Å². The lowest BCUT2D eigenvalue weighted by Crippen LogP contribution is -2.55. The number of rotatable bonds is 12. The molecular weight excluding hydrogens is 653 g/mol. The lowest BCUT2D eigenvalue weighted by molar-refractivity contribution is -0.140.